The van der Waals surface area contributed by atoms with Crippen LogP contribution in [0.1, 0.15) is 53.6 Å². The van der Waals surface area contributed by atoms with Crippen molar-refractivity contribution in [3.8, 4) is 0 Å². The summed E-state index contributed by atoms with van der Waals surface area (Å²) < 4.78 is 18.5. The number of carbonyl (C=O) groups is 2. The SMILES string of the molecule is CCOC(=O)C[C@@H](c1ccc(F)cc1)C1CCN(C(=O)c2cc([N+](=O)[O-])c(C)c([N+](=O)[O-])c2)CC1. The molecule has 1 heterocycles. The molecule has 1 fully saturated rings. The molecule has 0 radical (unpaired) electrons. The number of halogens is 1. The van der Waals surface area contributed by atoms with Gasteiger partial charge in [-0.1, -0.05) is 12.1 Å². The molecule has 0 aliphatic carbocycles. The van der Waals surface area contributed by atoms with Crippen LogP contribution >= 0.6 is 0 Å². The molecule has 10 nitrogen and oxygen atoms in total. The van der Waals surface area contributed by atoms with Gasteiger partial charge in [0.25, 0.3) is 17.3 Å². The summed E-state index contributed by atoms with van der Waals surface area (Å²) in [4.78, 5) is 48.0. The van der Waals surface area contributed by atoms with Crippen LogP contribution in [0.25, 0.3) is 0 Å². The normalized spacial score (nSPS) is 14.9. The molecule has 1 amide bonds. The fourth-order valence-corrected chi connectivity index (χ4v) is 4.54. The van der Waals surface area contributed by atoms with Crippen LogP contribution < -0.4 is 0 Å². The molecule has 3 rings (SSSR count). The average molecular weight is 487 g/mol. The van der Waals surface area contributed by atoms with Gasteiger partial charge in [0, 0.05) is 25.2 Å². The molecular weight excluding hydrogens is 461 g/mol. The van der Waals surface area contributed by atoms with Crippen molar-refractivity contribution >= 4 is 23.3 Å². The van der Waals surface area contributed by atoms with E-state index in [4.69, 9.17) is 4.74 Å². The Hall–Kier alpha value is -3.89. The van der Waals surface area contributed by atoms with Crippen molar-refractivity contribution in [2.75, 3.05) is 19.7 Å². The predicted octanol–water partition coefficient (Wildman–Crippen LogP) is 4.54. The molecule has 11 heteroatoms. The number of rotatable bonds is 8. The van der Waals surface area contributed by atoms with E-state index < -0.39 is 27.1 Å². The summed E-state index contributed by atoms with van der Waals surface area (Å²) >= 11 is 0. The Morgan fingerprint density at radius 1 is 1.09 bits per heavy atom. The van der Waals surface area contributed by atoms with Gasteiger partial charge in [0.15, 0.2) is 0 Å². The standard InChI is InChI=1S/C24H26FN3O7/c1-3-35-23(29)14-20(16-4-6-19(25)7-5-16)17-8-10-26(11-9-17)24(30)18-12-21(27(31)32)15(2)22(13-18)28(33)34/h4-7,12-13,17,20H,3,8-11,14H2,1-2H3/t20-/m0/s1. The molecule has 1 atom stereocenters. The first-order valence-electron chi connectivity index (χ1n) is 11.3. The van der Waals surface area contributed by atoms with Crippen molar-refractivity contribution in [3.05, 3.63) is 79.1 Å². The highest BCUT2D eigenvalue weighted by atomic mass is 19.1. The van der Waals surface area contributed by atoms with Crippen LogP contribution in [0.4, 0.5) is 15.8 Å². The lowest BCUT2D eigenvalue weighted by atomic mass is 9.78. The van der Waals surface area contributed by atoms with Gasteiger partial charge in [-0.15, -0.1) is 0 Å². The Labute approximate surface area is 201 Å². The molecule has 0 spiro atoms. The number of piperidine rings is 1. The number of hydrogen-bond donors (Lipinski definition) is 0. The van der Waals surface area contributed by atoms with Crippen LogP contribution in [0.3, 0.4) is 0 Å². The minimum absolute atomic E-state index is 0.00982. The predicted molar refractivity (Wildman–Crippen MR) is 124 cm³/mol. The molecule has 1 aliphatic heterocycles. The molecule has 1 aliphatic rings. The first kappa shape index (κ1) is 25.7. The van der Waals surface area contributed by atoms with Crippen LogP contribution in [0.15, 0.2) is 36.4 Å². The van der Waals surface area contributed by atoms with Crippen molar-refractivity contribution in [2.24, 2.45) is 5.92 Å². The van der Waals surface area contributed by atoms with E-state index in [1.807, 2.05) is 0 Å². The molecule has 0 aromatic heterocycles. The summed E-state index contributed by atoms with van der Waals surface area (Å²) in [6.07, 6.45) is 1.18. The van der Waals surface area contributed by atoms with E-state index in [0.29, 0.717) is 25.9 Å². The van der Waals surface area contributed by atoms with E-state index in [9.17, 15) is 34.2 Å². The first-order chi connectivity index (χ1) is 16.6. The molecule has 0 N–H and O–H groups in total. The van der Waals surface area contributed by atoms with Crippen molar-refractivity contribution < 1.29 is 28.6 Å². The lowest BCUT2D eigenvalue weighted by Crippen LogP contribution is -2.40. The third-order valence-corrected chi connectivity index (χ3v) is 6.38. The molecule has 35 heavy (non-hydrogen) atoms. The maximum absolute atomic E-state index is 13.4. The van der Waals surface area contributed by atoms with Crippen LogP contribution in [0, 0.1) is 38.9 Å². The Kier molecular flexibility index (Phi) is 8.10. The summed E-state index contributed by atoms with van der Waals surface area (Å²) in [6, 6.07) is 8.09. The minimum atomic E-state index is -0.742. The van der Waals surface area contributed by atoms with E-state index >= 15 is 0 Å². The van der Waals surface area contributed by atoms with E-state index in [1.165, 1.54) is 24.0 Å². The van der Waals surface area contributed by atoms with Crippen molar-refractivity contribution in [1.82, 2.24) is 4.90 Å². The maximum atomic E-state index is 13.4. The van der Waals surface area contributed by atoms with Crippen LogP contribution in [-0.2, 0) is 9.53 Å². The fraction of sp³-hybridized carbons (Fsp3) is 0.417. The van der Waals surface area contributed by atoms with Crippen LogP contribution in [-0.4, -0.2) is 46.3 Å². The number of nitro benzene ring substituents is 2. The Morgan fingerprint density at radius 2 is 1.63 bits per heavy atom. The maximum Gasteiger partial charge on any atom is 0.306 e. The topological polar surface area (TPSA) is 133 Å². The van der Waals surface area contributed by atoms with Gasteiger partial charge in [-0.2, -0.15) is 0 Å². The van der Waals surface area contributed by atoms with Crippen molar-refractivity contribution in [3.63, 3.8) is 0 Å². The van der Waals surface area contributed by atoms with E-state index in [2.05, 4.69) is 0 Å². The number of nitrogens with zero attached hydrogens (tertiary/aromatic N) is 3. The molecule has 0 saturated carbocycles. The fourth-order valence-electron chi connectivity index (χ4n) is 4.54. The molecule has 2 aromatic rings. The largest absolute Gasteiger partial charge is 0.466 e. The lowest BCUT2D eigenvalue weighted by molar-refractivity contribution is -0.395. The second kappa shape index (κ2) is 11.0. The van der Waals surface area contributed by atoms with Gasteiger partial charge in [-0.05, 0) is 56.2 Å². The summed E-state index contributed by atoms with van der Waals surface area (Å²) in [6.45, 7) is 3.85. The monoisotopic (exact) mass is 487 g/mol. The zero-order valence-corrected chi connectivity index (χ0v) is 19.4. The number of carbonyl (C=O) groups excluding carboxylic acids is 2. The third-order valence-electron chi connectivity index (χ3n) is 6.38. The summed E-state index contributed by atoms with van der Waals surface area (Å²) in [7, 11) is 0. The van der Waals surface area contributed by atoms with Crippen LogP contribution in [0.2, 0.25) is 0 Å². The van der Waals surface area contributed by atoms with Crippen molar-refractivity contribution in [2.45, 2.75) is 39.0 Å². The molecule has 186 valence electrons. The third kappa shape index (κ3) is 5.97. The first-order valence-corrected chi connectivity index (χ1v) is 11.3. The van der Waals surface area contributed by atoms with Gasteiger partial charge in [-0.3, -0.25) is 29.8 Å². The zero-order valence-electron chi connectivity index (χ0n) is 19.4. The Bertz CT molecular complexity index is 1090. The number of nitro groups is 2. The molecule has 1 saturated heterocycles. The summed E-state index contributed by atoms with van der Waals surface area (Å²) in [5.41, 5.74) is -0.397. The number of esters is 1. The smallest absolute Gasteiger partial charge is 0.306 e. The number of likely N-dealkylation sites (tertiary alicyclic amines) is 1. The molecule has 0 unspecified atom stereocenters. The highest BCUT2D eigenvalue weighted by molar-refractivity contribution is 5.96. The van der Waals surface area contributed by atoms with Gasteiger partial charge < -0.3 is 9.64 Å². The highest BCUT2D eigenvalue weighted by Gasteiger charge is 2.33. The van der Waals surface area contributed by atoms with Crippen LogP contribution in [0.5, 0.6) is 0 Å². The second-order valence-electron chi connectivity index (χ2n) is 8.45. The number of benzene rings is 2. The Morgan fingerprint density at radius 3 is 2.11 bits per heavy atom. The lowest BCUT2D eigenvalue weighted by Gasteiger charge is -2.36. The van der Waals surface area contributed by atoms with Gasteiger partial charge in [0.1, 0.15) is 11.4 Å². The molecule has 0 bridgehead atoms. The minimum Gasteiger partial charge on any atom is -0.466 e. The van der Waals surface area contributed by atoms with Crippen molar-refractivity contribution in [1.29, 1.82) is 0 Å². The quantitative estimate of drug-likeness (QED) is 0.303. The van der Waals surface area contributed by atoms with E-state index in [1.54, 1.807) is 19.1 Å². The van der Waals surface area contributed by atoms with Gasteiger partial charge in [0.2, 0.25) is 0 Å². The van der Waals surface area contributed by atoms with E-state index in [-0.39, 0.29) is 47.8 Å². The second-order valence-corrected chi connectivity index (χ2v) is 8.45. The number of ether oxygens (including phenoxy) is 1. The van der Waals surface area contributed by atoms with E-state index in [0.717, 1.165) is 17.7 Å². The average Bonchev–Trinajstić information content (AvgIpc) is 2.83. The highest BCUT2D eigenvalue weighted by Crippen LogP contribution is 2.37. The number of hydrogen-bond acceptors (Lipinski definition) is 7. The number of amides is 1. The molecule has 2 aromatic carbocycles. The summed E-state index contributed by atoms with van der Waals surface area (Å²) in [5.74, 6) is -1.49. The zero-order chi connectivity index (χ0) is 25.7. The summed E-state index contributed by atoms with van der Waals surface area (Å²) in [5, 5.41) is 22.7. The van der Waals surface area contributed by atoms with Gasteiger partial charge in [0.05, 0.1) is 28.4 Å². The Balaban J connectivity index is 1.79. The van der Waals surface area contributed by atoms with Gasteiger partial charge >= 0.3 is 5.97 Å². The van der Waals surface area contributed by atoms with Gasteiger partial charge in [-0.25, -0.2) is 4.39 Å². The molecular formula is C24H26FN3O7.